The van der Waals surface area contributed by atoms with Gasteiger partial charge in [-0.25, -0.2) is 0 Å². The van der Waals surface area contributed by atoms with E-state index < -0.39 is 0 Å². The van der Waals surface area contributed by atoms with Crippen LogP contribution >= 0.6 is 0 Å². The van der Waals surface area contributed by atoms with Crippen LogP contribution in [0.25, 0.3) is 35.4 Å². The van der Waals surface area contributed by atoms with Crippen molar-refractivity contribution < 1.29 is 0 Å². The largest absolute Gasteiger partial charge is 0.311 e. The highest BCUT2D eigenvalue weighted by molar-refractivity contribution is 5.79. The van der Waals surface area contributed by atoms with Gasteiger partial charge in [0, 0.05) is 17.1 Å². The van der Waals surface area contributed by atoms with E-state index in [1.807, 2.05) is 6.07 Å². The van der Waals surface area contributed by atoms with Crippen LogP contribution in [-0.2, 0) is 6.42 Å². The highest BCUT2D eigenvalue weighted by Crippen LogP contribution is 2.34. The summed E-state index contributed by atoms with van der Waals surface area (Å²) < 4.78 is 0. The van der Waals surface area contributed by atoms with Crippen LogP contribution in [0, 0.1) is 0 Å². The van der Waals surface area contributed by atoms with Crippen molar-refractivity contribution in [2.75, 3.05) is 4.90 Å². The van der Waals surface area contributed by atoms with Gasteiger partial charge in [-0.15, -0.1) is 0 Å². The minimum absolute atomic E-state index is 1.11. The molecule has 0 N–H and O–H groups in total. The summed E-state index contributed by atoms with van der Waals surface area (Å²) in [5.74, 6) is 0. The molecule has 6 aromatic rings. The molecular formula is C43H37N. The lowest BCUT2D eigenvalue weighted by atomic mass is 10.0. The van der Waals surface area contributed by atoms with Crippen LogP contribution in [0.15, 0.2) is 158 Å². The lowest BCUT2D eigenvalue weighted by Gasteiger charge is -2.25. The molecule has 0 heterocycles. The maximum atomic E-state index is 2.31. The average molecular weight is 568 g/mol. The van der Waals surface area contributed by atoms with E-state index in [0.29, 0.717) is 0 Å². The van der Waals surface area contributed by atoms with Crippen LogP contribution in [0.5, 0.6) is 0 Å². The fourth-order valence-electron chi connectivity index (χ4n) is 5.38. The molecule has 0 radical (unpaired) electrons. The quantitative estimate of drug-likeness (QED) is 0.149. The van der Waals surface area contributed by atoms with E-state index in [0.717, 1.165) is 29.9 Å². The zero-order chi connectivity index (χ0) is 30.0. The Balaban J connectivity index is 1.13. The first kappa shape index (κ1) is 28.7. The van der Waals surface area contributed by atoms with Crippen LogP contribution in [0.1, 0.15) is 41.2 Å². The molecule has 44 heavy (non-hydrogen) atoms. The number of hydrogen-bond acceptors (Lipinski definition) is 1. The zero-order valence-electron chi connectivity index (χ0n) is 25.2. The predicted octanol–water partition coefficient (Wildman–Crippen LogP) is 12.1. The van der Waals surface area contributed by atoms with Gasteiger partial charge in [0.25, 0.3) is 0 Å². The van der Waals surface area contributed by atoms with Crippen LogP contribution in [0.3, 0.4) is 0 Å². The molecule has 6 rings (SSSR count). The molecule has 0 unspecified atom stereocenters. The topological polar surface area (TPSA) is 3.24 Å². The summed E-state index contributed by atoms with van der Waals surface area (Å²) in [5, 5.41) is 0. The van der Waals surface area contributed by atoms with Crippen molar-refractivity contribution in [3.05, 3.63) is 186 Å². The molecule has 214 valence electrons. The fourth-order valence-corrected chi connectivity index (χ4v) is 5.38. The summed E-state index contributed by atoms with van der Waals surface area (Å²) in [6.07, 6.45) is 10.9. The molecule has 0 spiro atoms. The molecule has 1 nitrogen and oxygen atoms in total. The van der Waals surface area contributed by atoms with E-state index in [2.05, 4.69) is 188 Å². The number of para-hydroxylation sites is 1. The predicted molar refractivity (Wildman–Crippen MR) is 191 cm³/mol. The number of rotatable bonds is 10. The van der Waals surface area contributed by atoms with Gasteiger partial charge >= 0.3 is 0 Å². The monoisotopic (exact) mass is 567 g/mol. The SMILES string of the molecule is CCCc1ccc(N(c2ccccc2)c2ccc(/C=C/c3ccc(-c4ccc(/C=C/c5ccccc5)cc4)cc3)cc2)cc1. The number of benzene rings is 6. The number of aryl methyl sites for hydroxylation is 1. The van der Waals surface area contributed by atoms with Gasteiger partial charge in [-0.05, 0) is 81.8 Å². The molecule has 0 saturated carbocycles. The molecule has 6 aromatic carbocycles. The molecule has 0 bridgehead atoms. The van der Waals surface area contributed by atoms with E-state index in [1.165, 1.54) is 38.9 Å². The smallest absolute Gasteiger partial charge is 0.0462 e. The lowest BCUT2D eigenvalue weighted by molar-refractivity contribution is 0.922. The Morgan fingerprint density at radius 3 is 1.20 bits per heavy atom. The molecule has 0 aliphatic rings. The maximum absolute atomic E-state index is 2.31. The first-order valence-corrected chi connectivity index (χ1v) is 15.4. The van der Waals surface area contributed by atoms with Gasteiger partial charge in [0.1, 0.15) is 0 Å². The zero-order valence-corrected chi connectivity index (χ0v) is 25.2. The van der Waals surface area contributed by atoms with Crippen LogP contribution in [0.2, 0.25) is 0 Å². The summed E-state index contributed by atoms with van der Waals surface area (Å²) in [6, 6.07) is 56.2. The molecular weight excluding hydrogens is 530 g/mol. The summed E-state index contributed by atoms with van der Waals surface area (Å²) in [5.41, 5.74) is 12.0. The average Bonchev–Trinajstić information content (AvgIpc) is 3.09. The van der Waals surface area contributed by atoms with Gasteiger partial charge in [-0.2, -0.15) is 0 Å². The highest BCUT2D eigenvalue weighted by Gasteiger charge is 2.12. The van der Waals surface area contributed by atoms with Crippen LogP contribution < -0.4 is 4.90 Å². The summed E-state index contributed by atoms with van der Waals surface area (Å²) in [6.45, 7) is 2.22. The third kappa shape index (κ3) is 7.32. The Morgan fingerprint density at radius 1 is 0.386 bits per heavy atom. The van der Waals surface area contributed by atoms with Crippen molar-refractivity contribution in [2.24, 2.45) is 0 Å². The molecule has 0 saturated heterocycles. The standard InChI is InChI=1S/C43H37N/c1-2-9-34-22-30-42(31-23-34)44(41-12-7-4-8-13-41)43-32-24-38(25-33-43)17-16-37-20-28-40(29-21-37)39-26-18-36(19-27-39)15-14-35-10-5-3-6-11-35/h3-8,10-33H,2,9H2,1H3/b15-14+,17-16+. The van der Waals surface area contributed by atoms with E-state index in [-0.39, 0.29) is 0 Å². The maximum Gasteiger partial charge on any atom is 0.0462 e. The fraction of sp³-hybridized carbons (Fsp3) is 0.0698. The Hall–Kier alpha value is -5.40. The van der Waals surface area contributed by atoms with Gasteiger partial charge in [-0.3, -0.25) is 0 Å². The molecule has 0 atom stereocenters. The molecule has 0 aliphatic carbocycles. The number of nitrogens with zero attached hydrogens (tertiary/aromatic N) is 1. The van der Waals surface area contributed by atoms with Crippen LogP contribution in [0.4, 0.5) is 17.1 Å². The van der Waals surface area contributed by atoms with E-state index in [9.17, 15) is 0 Å². The Morgan fingerprint density at radius 2 is 0.750 bits per heavy atom. The van der Waals surface area contributed by atoms with Gasteiger partial charge in [-0.1, -0.05) is 159 Å². The molecule has 0 amide bonds. The van der Waals surface area contributed by atoms with Gasteiger partial charge in [0.15, 0.2) is 0 Å². The van der Waals surface area contributed by atoms with Crippen molar-refractivity contribution in [3.63, 3.8) is 0 Å². The second-order valence-electron chi connectivity index (χ2n) is 11.0. The van der Waals surface area contributed by atoms with Crippen LogP contribution in [-0.4, -0.2) is 0 Å². The Bertz CT molecular complexity index is 1800. The van der Waals surface area contributed by atoms with Crippen molar-refractivity contribution in [2.45, 2.75) is 19.8 Å². The van der Waals surface area contributed by atoms with E-state index in [4.69, 9.17) is 0 Å². The Labute approximate surface area is 262 Å². The summed E-state index contributed by atoms with van der Waals surface area (Å²) in [7, 11) is 0. The number of anilines is 3. The second-order valence-corrected chi connectivity index (χ2v) is 11.0. The molecule has 0 aliphatic heterocycles. The first-order valence-electron chi connectivity index (χ1n) is 15.4. The Kier molecular flexibility index (Phi) is 9.25. The first-order chi connectivity index (χ1) is 21.7. The lowest BCUT2D eigenvalue weighted by Crippen LogP contribution is -2.09. The van der Waals surface area contributed by atoms with Crippen molar-refractivity contribution in [3.8, 4) is 11.1 Å². The van der Waals surface area contributed by atoms with Crippen molar-refractivity contribution in [1.82, 2.24) is 0 Å². The molecule has 1 heteroatoms. The minimum atomic E-state index is 1.11. The summed E-state index contributed by atoms with van der Waals surface area (Å²) >= 11 is 0. The molecule has 0 fully saturated rings. The van der Waals surface area contributed by atoms with E-state index >= 15 is 0 Å². The minimum Gasteiger partial charge on any atom is -0.311 e. The van der Waals surface area contributed by atoms with E-state index in [1.54, 1.807) is 0 Å². The van der Waals surface area contributed by atoms with Gasteiger partial charge in [0.05, 0.1) is 0 Å². The van der Waals surface area contributed by atoms with Crippen molar-refractivity contribution in [1.29, 1.82) is 0 Å². The molecule has 0 aromatic heterocycles. The van der Waals surface area contributed by atoms with Crippen molar-refractivity contribution >= 4 is 41.4 Å². The second kappa shape index (κ2) is 14.2. The highest BCUT2D eigenvalue weighted by atomic mass is 15.1. The van der Waals surface area contributed by atoms with Gasteiger partial charge in [0.2, 0.25) is 0 Å². The third-order valence-corrected chi connectivity index (χ3v) is 7.79. The van der Waals surface area contributed by atoms with Gasteiger partial charge < -0.3 is 4.90 Å². The number of hydrogen-bond donors (Lipinski definition) is 0. The summed E-state index contributed by atoms with van der Waals surface area (Å²) in [4.78, 5) is 2.31. The third-order valence-electron chi connectivity index (χ3n) is 7.79. The normalized spacial score (nSPS) is 11.3.